The Balaban J connectivity index is 2.20. The molecule has 0 bridgehead atoms. The van der Waals surface area contributed by atoms with Gasteiger partial charge >= 0.3 is 6.09 Å². The molecule has 1 amide bonds. The van der Waals surface area contributed by atoms with Crippen LogP contribution in [0.25, 0.3) is 0 Å². The molecule has 1 N–H and O–H groups in total. The number of benzene rings is 1. The van der Waals surface area contributed by atoms with Crippen LogP contribution in [0.15, 0.2) is 30.3 Å². The number of cyclic esters (lactones) is 1. The smallest absolute Gasteiger partial charge is 0.410 e. The van der Waals surface area contributed by atoms with Crippen molar-refractivity contribution in [1.29, 1.82) is 0 Å². The molecule has 0 spiro atoms. The number of aliphatic hydroxyl groups excluding tert-OH is 1. The maximum Gasteiger partial charge on any atom is 0.410 e. The average Bonchev–Trinajstić information content (AvgIpc) is 2.68. The van der Waals surface area contributed by atoms with E-state index in [1.807, 2.05) is 30.3 Å². The summed E-state index contributed by atoms with van der Waals surface area (Å²) in [7, 11) is 0. The van der Waals surface area contributed by atoms with Crippen molar-refractivity contribution in [2.24, 2.45) is 0 Å². The second-order valence-electron chi connectivity index (χ2n) is 3.42. The molecular formula is C11H13NO3. The van der Waals surface area contributed by atoms with E-state index < -0.39 is 0 Å². The Morgan fingerprint density at radius 2 is 2.13 bits per heavy atom. The van der Waals surface area contributed by atoms with Gasteiger partial charge < -0.3 is 9.84 Å². The first kappa shape index (κ1) is 9.98. The van der Waals surface area contributed by atoms with Crippen LogP contribution in [0.2, 0.25) is 0 Å². The molecule has 80 valence electrons. The van der Waals surface area contributed by atoms with Crippen LogP contribution in [0.5, 0.6) is 0 Å². The summed E-state index contributed by atoms with van der Waals surface area (Å²) in [5.41, 5.74) is 0.929. The number of carbonyl (C=O) groups is 1. The fourth-order valence-corrected chi connectivity index (χ4v) is 1.75. The van der Waals surface area contributed by atoms with Crippen LogP contribution in [0, 0.1) is 0 Å². The number of nitrogens with zero attached hydrogens (tertiary/aromatic N) is 1. The molecule has 0 aliphatic carbocycles. The van der Waals surface area contributed by atoms with Crippen molar-refractivity contribution in [1.82, 2.24) is 4.90 Å². The van der Waals surface area contributed by atoms with Crippen molar-refractivity contribution in [3.8, 4) is 0 Å². The molecule has 1 unspecified atom stereocenters. The zero-order chi connectivity index (χ0) is 10.7. The maximum absolute atomic E-state index is 11.3. The minimum atomic E-state index is -0.349. The van der Waals surface area contributed by atoms with E-state index >= 15 is 0 Å². The van der Waals surface area contributed by atoms with Gasteiger partial charge in [-0.05, 0) is 5.56 Å². The maximum atomic E-state index is 11.3. The van der Waals surface area contributed by atoms with Gasteiger partial charge in [0.25, 0.3) is 0 Å². The molecule has 1 heterocycles. The van der Waals surface area contributed by atoms with Crippen molar-refractivity contribution in [2.75, 3.05) is 19.8 Å². The quantitative estimate of drug-likeness (QED) is 0.809. The van der Waals surface area contributed by atoms with E-state index in [0.29, 0.717) is 13.2 Å². The zero-order valence-electron chi connectivity index (χ0n) is 8.30. The monoisotopic (exact) mass is 207 g/mol. The Kier molecular flexibility index (Phi) is 2.87. The van der Waals surface area contributed by atoms with Crippen LogP contribution in [0.1, 0.15) is 11.6 Å². The Labute approximate surface area is 88.1 Å². The minimum absolute atomic E-state index is 0.0842. The lowest BCUT2D eigenvalue weighted by molar-refractivity contribution is 0.126. The lowest BCUT2D eigenvalue weighted by Gasteiger charge is -2.23. The molecule has 4 nitrogen and oxygen atoms in total. The summed E-state index contributed by atoms with van der Waals surface area (Å²) in [6, 6.07) is 9.18. The van der Waals surface area contributed by atoms with Gasteiger partial charge in [-0.15, -0.1) is 0 Å². The number of hydrogen-bond donors (Lipinski definition) is 1. The van der Waals surface area contributed by atoms with Crippen LogP contribution in [0.3, 0.4) is 0 Å². The van der Waals surface area contributed by atoms with Crippen molar-refractivity contribution in [3.63, 3.8) is 0 Å². The third-order valence-electron chi connectivity index (χ3n) is 2.53. The average molecular weight is 207 g/mol. The van der Waals surface area contributed by atoms with Crippen LogP contribution in [-0.2, 0) is 4.74 Å². The zero-order valence-corrected chi connectivity index (χ0v) is 8.30. The SMILES string of the molecule is O=C1OCCN1C(CO)c1ccccc1. The van der Waals surface area contributed by atoms with E-state index in [9.17, 15) is 9.90 Å². The van der Waals surface area contributed by atoms with Gasteiger partial charge in [0.05, 0.1) is 19.2 Å². The van der Waals surface area contributed by atoms with Gasteiger partial charge in [0.15, 0.2) is 0 Å². The number of amides is 1. The van der Waals surface area contributed by atoms with Crippen LogP contribution in [0.4, 0.5) is 4.79 Å². The van der Waals surface area contributed by atoms with E-state index in [-0.39, 0.29) is 18.7 Å². The minimum Gasteiger partial charge on any atom is -0.448 e. The highest BCUT2D eigenvalue weighted by Gasteiger charge is 2.29. The molecule has 0 aromatic heterocycles. The summed E-state index contributed by atoms with van der Waals surface area (Å²) in [5, 5.41) is 9.31. The first-order valence-corrected chi connectivity index (χ1v) is 4.92. The highest BCUT2D eigenvalue weighted by atomic mass is 16.6. The van der Waals surface area contributed by atoms with E-state index in [0.717, 1.165) is 5.56 Å². The summed E-state index contributed by atoms with van der Waals surface area (Å²) in [5.74, 6) is 0. The summed E-state index contributed by atoms with van der Waals surface area (Å²) in [6.07, 6.45) is -0.349. The summed E-state index contributed by atoms with van der Waals surface area (Å²) in [4.78, 5) is 12.9. The van der Waals surface area contributed by atoms with Gasteiger partial charge in [-0.2, -0.15) is 0 Å². The molecule has 1 aliphatic rings. The van der Waals surface area contributed by atoms with E-state index in [1.165, 1.54) is 0 Å². The van der Waals surface area contributed by atoms with Gasteiger partial charge in [0, 0.05) is 0 Å². The van der Waals surface area contributed by atoms with E-state index in [2.05, 4.69) is 0 Å². The van der Waals surface area contributed by atoms with Crippen LogP contribution >= 0.6 is 0 Å². The van der Waals surface area contributed by atoms with Gasteiger partial charge in [0.1, 0.15) is 6.61 Å². The van der Waals surface area contributed by atoms with Crippen LogP contribution in [-0.4, -0.2) is 35.9 Å². The molecule has 15 heavy (non-hydrogen) atoms. The molecule has 4 heteroatoms. The molecule has 1 atom stereocenters. The molecule has 1 aromatic carbocycles. The summed E-state index contributed by atoms with van der Waals surface area (Å²) < 4.78 is 4.85. The summed E-state index contributed by atoms with van der Waals surface area (Å²) in [6.45, 7) is 0.861. The van der Waals surface area contributed by atoms with Gasteiger partial charge in [-0.3, -0.25) is 4.90 Å². The molecule has 1 fully saturated rings. The molecule has 1 aromatic rings. The van der Waals surface area contributed by atoms with Gasteiger partial charge in [-0.1, -0.05) is 30.3 Å². The molecular weight excluding hydrogens is 194 g/mol. The normalized spacial score (nSPS) is 17.7. The topological polar surface area (TPSA) is 49.8 Å². The Bertz CT molecular complexity index is 339. The molecule has 1 saturated heterocycles. The first-order valence-electron chi connectivity index (χ1n) is 4.92. The van der Waals surface area contributed by atoms with E-state index in [1.54, 1.807) is 4.90 Å². The first-order chi connectivity index (χ1) is 7.33. The number of aliphatic hydroxyl groups is 1. The Hall–Kier alpha value is -1.55. The fraction of sp³-hybridized carbons (Fsp3) is 0.364. The predicted molar refractivity (Wildman–Crippen MR) is 54.3 cm³/mol. The highest BCUT2D eigenvalue weighted by molar-refractivity contribution is 5.70. The third kappa shape index (κ3) is 1.94. The molecule has 0 radical (unpaired) electrons. The van der Waals surface area contributed by atoms with Crippen molar-refractivity contribution in [2.45, 2.75) is 6.04 Å². The third-order valence-corrected chi connectivity index (χ3v) is 2.53. The number of hydrogen-bond acceptors (Lipinski definition) is 3. The second-order valence-corrected chi connectivity index (χ2v) is 3.42. The lowest BCUT2D eigenvalue weighted by Crippen LogP contribution is -2.31. The summed E-state index contributed by atoms with van der Waals surface area (Å²) >= 11 is 0. The van der Waals surface area contributed by atoms with Gasteiger partial charge in [0.2, 0.25) is 0 Å². The molecule has 0 saturated carbocycles. The Morgan fingerprint density at radius 3 is 2.67 bits per heavy atom. The van der Waals surface area contributed by atoms with Crippen LogP contribution < -0.4 is 0 Å². The molecule has 2 rings (SSSR count). The molecule has 1 aliphatic heterocycles. The highest BCUT2D eigenvalue weighted by Crippen LogP contribution is 2.22. The fourth-order valence-electron chi connectivity index (χ4n) is 1.75. The largest absolute Gasteiger partial charge is 0.448 e. The van der Waals surface area contributed by atoms with Crippen molar-refractivity contribution >= 4 is 6.09 Å². The number of ether oxygens (including phenoxy) is 1. The van der Waals surface area contributed by atoms with Gasteiger partial charge in [-0.25, -0.2) is 4.79 Å². The lowest BCUT2D eigenvalue weighted by atomic mass is 10.1. The predicted octanol–water partition coefficient (Wildman–Crippen LogP) is 1.17. The number of rotatable bonds is 3. The Morgan fingerprint density at radius 1 is 1.40 bits per heavy atom. The van der Waals surface area contributed by atoms with Crippen molar-refractivity contribution in [3.05, 3.63) is 35.9 Å². The van der Waals surface area contributed by atoms with Crippen molar-refractivity contribution < 1.29 is 14.6 Å². The van der Waals surface area contributed by atoms with E-state index in [4.69, 9.17) is 4.74 Å². The number of carbonyl (C=O) groups excluding carboxylic acids is 1. The standard InChI is InChI=1S/C11H13NO3/c13-8-10(9-4-2-1-3-5-9)12-6-7-15-11(12)14/h1-5,10,13H,6-8H2. The second kappa shape index (κ2) is 4.31.